The van der Waals surface area contributed by atoms with Gasteiger partial charge in [0.2, 0.25) is 0 Å². The zero-order valence-corrected chi connectivity index (χ0v) is 12.2. The summed E-state index contributed by atoms with van der Waals surface area (Å²) in [6, 6.07) is 3.29. The van der Waals surface area contributed by atoms with Gasteiger partial charge in [0, 0.05) is 11.1 Å². The number of hydrogen-bond acceptors (Lipinski definition) is 6. The van der Waals surface area contributed by atoms with Crippen LogP contribution in [0.25, 0.3) is 0 Å². The predicted octanol–water partition coefficient (Wildman–Crippen LogP) is 2.47. The average molecular weight is 282 g/mol. The highest BCUT2D eigenvalue weighted by Crippen LogP contribution is 2.36. The van der Waals surface area contributed by atoms with Crippen molar-refractivity contribution in [2.24, 2.45) is 0 Å². The van der Waals surface area contributed by atoms with Crippen LogP contribution in [-0.4, -0.2) is 36.3 Å². The van der Waals surface area contributed by atoms with Crippen LogP contribution < -0.4 is 9.47 Å². The van der Waals surface area contributed by atoms with Gasteiger partial charge in [0.05, 0.1) is 26.0 Å². The lowest BCUT2D eigenvalue weighted by molar-refractivity contribution is 0.193. The molecule has 0 heterocycles. The number of nitrogens with one attached hydrogen (secondary N) is 2. The molecule has 0 saturated carbocycles. The fourth-order valence-electron chi connectivity index (χ4n) is 1.68. The minimum atomic E-state index is -0.750. The molecule has 19 heavy (non-hydrogen) atoms. The molecule has 0 saturated heterocycles. The molecule has 1 unspecified atom stereocenters. The summed E-state index contributed by atoms with van der Waals surface area (Å²) in [5.74, 6) is 0.888. The molecule has 6 heteroatoms. The van der Waals surface area contributed by atoms with Gasteiger partial charge in [-0.2, -0.15) is 0 Å². The SMILES string of the molecule is COc1cc(C(=N)C(=N)SC)cc(C(C)O)c1OC. The van der Waals surface area contributed by atoms with Gasteiger partial charge in [-0.25, -0.2) is 0 Å². The summed E-state index contributed by atoms with van der Waals surface area (Å²) in [5, 5.41) is 25.6. The van der Waals surface area contributed by atoms with E-state index in [2.05, 4.69) is 0 Å². The third kappa shape index (κ3) is 3.27. The number of thioether (sulfide) groups is 1. The standard InChI is InChI=1S/C13H18N2O3S/c1-7(16)9-5-8(11(14)13(15)19-4)6-10(17-2)12(9)18-3/h5-7,14-16H,1-4H3. The first-order chi connectivity index (χ1) is 8.96. The number of rotatable bonds is 5. The van der Waals surface area contributed by atoms with Gasteiger partial charge in [0.25, 0.3) is 0 Å². The number of benzene rings is 1. The maximum Gasteiger partial charge on any atom is 0.166 e. The summed E-state index contributed by atoms with van der Waals surface area (Å²) >= 11 is 1.19. The molecule has 104 valence electrons. The molecule has 3 N–H and O–H groups in total. The van der Waals surface area contributed by atoms with Crippen molar-refractivity contribution in [2.75, 3.05) is 20.5 Å². The van der Waals surface area contributed by atoms with Crippen molar-refractivity contribution in [1.82, 2.24) is 0 Å². The maximum absolute atomic E-state index is 9.79. The van der Waals surface area contributed by atoms with Crippen LogP contribution in [0.15, 0.2) is 12.1 Å². The molecule has 0 amide bonds. The molecule has 1 aromatic rings. The van der Waals surface area contributed by atoms with E-state index < -0.39 is 6.10 Å². The Balaban J connectivity index is 3.40. The van der Waals surface area contributed by atoms with Crippen molar-refractivity contribution in [3.63, 3.8) is 0 Å². The van der Waals surface area contributed by atoms with E-state index in [9.17, 15) is 5.11 Å². The smallest absolute Gasteiger partial charge is 0.166 e. The second-order valence-corrected chi connectivity index (χ2v) is 4.70. The number of ether oxygens (including phenoxy) is 2. The maximum atomic E-state index is 9.79. The Morgan fingerprint density at radius 3 is 2.32 bits per heavy atom. The van der Waals surface area contributed by atoms with E-state index in [1.54, 1.807) is 25.3 Å². The minimum absolute atomic E-state index is 0.0929. The van der Waals surface area contributed by atoms with Crippen molar-refractivity contribution < 1.29 is 14.6 Å². The molecular formula is C13H18N2O3S. The fourth-order valence-corrected chi connectivity index (χ4v) is 2.00. The Morgan fingerprint density at radius 1 is 1.26 bits per heavy atom. The largest absolute Gasteiger partial charge is 0.493 e. The zero-order chi connectivity index (χ0) is 14.6. The summed E-state index contributed by atoms with van der Waals surface area (Å²) in [7, 11) is 3.00. The van der Waals surface area contributed by atoms with E-state index in [-0.39, 0.29) is 10.8 Å². The molecule has 1 rings (SSSR count). The summed E-state index contributed by atoms with van der Waals surface area (Å²) < 4.78 is 10.5. The monoisotopic (exact) mass is 282 g/mol. The Hall–Kier alpha value is -1.53. The Kier molecular flexibility index (Phi) is 5.38. The van der Waals surface area contributed by atoms with Crippen LogP contribution in [0.5, 0.6) is 11.5 Å². The van der Waals surface area contributed by atoms with Crippen molar-refractivity contribution >= 4 is 22.5 Å². The molecule has 5 nitrogen and oxygen atoms in total. The second-order valence-electron chi connectivity index (χ2n) is 3.89. The van der Waals surface area contributed by atoms with Gasteiger partial charge in [0.15, 0.2) is 11.5 Å². The number of hydrogen-bond donors (Lipinski definition) is 3. The highest BCUT2D eigenvalue weighted by atomic mass is 32.2. The van der Waals surface area contributed by atoms with Gasteiger partial charge in [-0.15, -0.1) is 11.8 Å². The van der Waals surface area contributed by atoms with Crippen LogP contribution in [0.3, 0.4) is 0 Å². The minimum Gasteiger partial charge on any atom is -0.493 e. The molecule has 0 radical (unpaired) electrons. The highest BCUT2D eigenvalue weighted by Gasteiger charge is 2.18. The van der Waals surface area contributed by atoms with Gasteiger partial charge in [0.1, 0.15) is 5.04 Å². The van der Waals surface area contributed by atoms with Crippen LogP contribution in [0.2, 0.25) is 0 Å². The lowest BCUT2D eigenvalue weighted by Gasteiger charge is -2.17. The van der Waals surface area contributed by atoms with Gasteiger partial charge in [-0.05, 0) is 25.3 Å². The molecule has 0 aromatic heterocycles. The summed E-state index contributed by atoms with van der Waals surface area (Å²) in [6.45, 7) is 1.62. The van der Waals surface area contributed by atoms with E-state index in [0.717, 1.165) is 0 Å². The van der Waals surface area contributed by atoms with Crippen molar-refractivity contribution in [3.05, 3.63) is 23.3 Å². The second kappa shape index (κ2) is 6.58. The first-order valence-corrected chi connectivity index (χ1v) is 6.84. The lowest BCUT2D eigenvalue weighted by atomic mass is 10.0. The number of aliphatic hydroxyl groups is 1. The zero-order valence-electron chi connectivity index (χ0n) is 11.4. The first-order valence-electron chi connectivity index (χ1n) is 5.62. The Morgan fingerprint density at radius 2 is 1.89 bits per heavy atom. The fraction of sp³-hybridized carbons (Fsp3) is 0.385. The van der Waals surface area contributed by atoms with Crippen LogP contribution in [0, 0.1) is 10.8 Å². The van der Waals surface area contributed by atoms with Crippen molar-refractivity contribution in [2.45, 2.75) is 13.0 Å². The van der Waals surface area contributed by atoms with Crippen LogP contribution in [0.1, 0.15) is 24.2 Å². The van der Waals surface area contributed by atoms with E-state index >= 15 is 0 Å². The Bertz CT molecular complexity index is 501. The van der Waals surface area contributed by atoms with Gasteiger partial charge >= 0.3 is 0 Å². The molecule has 0 fully saturated rings. The van der Waals surface area contributed by atoms with E-state index in [0.29, 0.717) is 22.6 Å². The summed E-state index contributed by atoms with van der Waals surface area (Å²) in [5.41, 5.74) is 1.15. The number of methoxy groups -OCH3 is 2. The molecule has 0 bridgehead atoms. The molecule has 0 aliphatic carbocycles. The molecule has 1 atom stereocenters. The number of aliphatic hydroxyl groups excluding tert-OH is 1. The highest BCUT2D eigenvalue weighted by molar-refractivity contribution is 8.15. The molecular weight excluding hydrogens is 264 g/mol. The van der Waals surface area contributed by atoms with Crippen molar-refractivity contribution in [3.8, 4) is 11.5 Å². The van der Waals surface area contributed by atoms with Crippen LogP contribution in [-0.2, 0) is 0 Å². The third-order valence-electron chi connectivity index (χ3n) is 2.68. The molecule has 0 spiro atoms. The van der Waals surface area contributed by atoms with Crippen molar-refractivity contribution in [1.29, 1.82) is 10.8 Å². The quantitative estimate of drug-likeness (QED) is 0.572. The normalized spacial score (nSPS) is 11.8. The molecule has 0 aliphatic rings. The molecule has 1 aromatic carbocycles. The van der Waals surface area contributed by atoms with Gasteiger partial charge in [-0.3, -0.25) is 10.8 Å². The first kappa shape index (κ1) is 15.5. The van der Waals surface area contributed by atoms with Gasteiger partial charge < -0.3 is 14.6 Å². The molecule has 0 aliphatic heterocycles. The Labute approximate surface area is 117 Å². The topological polar surface area (TPSA) is 86.4 Å². The summed E-state index contributed by atoms with van der Waals surface area (Å²) in [6.07, 6.45) is 0.993. The van der Waals surface area contributed by atoms with Gasteiger partial charge in [-0.1, -0.05) is 0 Å². The van der Waals surface area contributed by atoms with E-state index in [4.69, 9.17) is 20.3 Å². The average Bonchev–Trinajstić information content (AvgIpc) is 2.43. The summed E-state index contributed by atoms with van der Waals surface area (Å²) in [4.78, 5) is 0. The predicted molar refractivity (Wildman–Crippen MR) is 78.3 cm³/mol. The third-order valence-corrected chi connectivity index (χ3v) is 3.29. The van der Waals surface area contributed by atoms with Crippen LogP contribution in [0.4, 0.5) is 0 Å². The van der Waals surface area contributed by atoms with E-state index in [1.807, 2.05) is 0 Å². The van der Waals surface area contributed by atoms with Crippen LogP contribution >= 0.6 is 11.8 Å². The lowest BCUT2D eigenvalue weighted by Crippen LogP contribution is -2.11. The van der Waals surface area contributed by atoms with E-state index in [1.165, 1.54) is 26.0 Å².